The number of nitrogens with zero attached hydrogens (tertiary/aromatic N) is 2. The van der Waals surface area contributed by atoms with Crippen LogP contribution in [-0.2, 0) is 0 Å². The number of pyridine rings is 1. The summed E-state index contributed by atoms with van der Waals surface area (Å²) in [7, 11) is 0. The Hall–Kier alpha value is -2.36. The molecule has 3 aromatic heterocycles. The molecule has 3 aromatic rings. The molecule has 0 aromatic carbocycles. The summed E-state index contributed by atoms with van der Waals surface area (Å²) in [5, 5.41) is 0. The zero-order valence-electron chi connectivity index (χ0n) is 8.33. The monoisotopic (exact) mass is 212 g/mol. The number of fused-ring (bicyclic) bond motifs is 1. The van der Waals surface area contributed by atoms with Gasteiger partial charge in [-0.15, -0.1) is 0 Å². The van der Waals surface area contributed by atoms with E-state index in [1.807, 2.05) is 28.8 Å². The van der Waals surface area contributed by atoms with E-state index in [1.165, 1.54) is 0 Å². The Morgan fingerprint density at radius 1 is 1.25 bits per heavy atom. The molecule has 0 amide bonds. The van der Waals surface area contributed by atoms with Crippen LogP contribution in [0.5, 0.6) is 0 Å². The number of rotatable bonds is 2. The Bertz CT molecular complexity index is 652. The molecule has 4 nitrogen and oxygen atoms in total. The first kappa shape index (κ1) is 8.91. The average Bonchev–Trinajstić information content (AvgIpc) is 2.97. The molecule has 0 radical (unpaired) electrons. The van der Waals surface area contributed by atoms with Crippen molar-refractivity contribution in [1.29, 1.82) is 0 Å². The molecule has 0 saturated heterocycles. The summed E-state index contributed by atoms with van der Waals surface area (Å²) < 4.78 is 7.29. The second-order valence-corrected chi connectivity index (χ2v) is 3.39. The molecular weight excluding hydrogens is 204 g/mol. The first-order valence-corrected chi connectivity index (χ1v) is 4.86. The van der Waals surface area contributed by atoms with E-state index in [4.69, 9.17) is 4.42 Å². The maximum Gasteiger partial charge on any atom is 0.185 e. The van der Waals surface area contributed by atoms with Gasteiger partial charge in [0.2, 0.25) is 0 Å². The molecular formula is C12H8N2O2. The molecule has 3 rings (SSSR count). The Labute approximate surface area is 91.1 Å². The number of carbonyl (C=O) groups excluding carboxylic acids is 1. The molecule has 0 aliphatic heterocycles. The van der Waals surface area contributed by atoms with Crippen molar-refractivity contribution in [3.8, 4) is 11.5 Å². The summed E-state index contributed by atoms with van der Waals surface area (Å²) >= 11 is 0. The smallest absolute Gasteiger partial charge is 0.185 e. The molecule has 0 spiro atoms. The fourth-order valence-corrected chi connectivity index (χ4v) is 1.70. The molecule has 3 heterocycles. The molecule has 0 aliphatic carbocycles. The van der Waals surface area contributed by atoms with Gasteiger partial charge < -0.3 is 4.42 Å². The van der Waals surface area contributed by atoms with Crippen LogP contribution >= 0.6 is 0 Å². The summed E-state index contributed by atoms with van der Waals surface area (Å²) in [6.07, 6.45) is 4.27. The second-order valence-electron chi connectivity index (χ2n) is 3.39. The molecule has 0 saturated carbocycles. The van der Waals surface area contributed by atoms with Gasteiger partial charge in [-0.3, -0.25) is 9.20 Å². The number of furan rings is 1. The predicted octanol–water partition coefficient (Wildman–Crippen LogP) is 2.41. The van der Waals surface area contributed by atoms with Gasteiger partial charge in [0.15, 0.2) is 17.8 Å². The topological polar surface area (TPSA) is 47.5 Å². The van der Waals surface area contributed by atoms with Gasteiger partial charge in [0.05, 0.1) is 5.69 Å². The Morgan fingerprint density at radius 3 is 3.00 bits per heavy atom. The van der Waals surface area contributed by atoms with Crippen LogP contribution in [0, 0.1) is 0 Å². The van der Waals surface area contributed by atoms with Crippen molar-refractivity contribution in [1.82, 2.24) is 9.38 Å². The maximum atomic E-state index is 10.6. The molecule has 0 unspecified atom stereocenters. The third-order valence-corrected chi connectivity index (χ3v) is 2.42. The lowest BCUT2D eigenvalue weighted by Crippen LogP contribution is -1.88. The van der Waals surface area contributed by atoms with Gasteiger partial charge >= 0.3 is 0 Å². The normalized spacial score (nSPS) is 10.8. The zero-order chi connectivity index (χ0) is 11.0. The van der Waals surface area contributed by atoms with Crippen LogP contribution in [0.4, 0.5) is 0 Å². The van der Waals surface area contributed by atoms with Gasteiger partial charge in [-0.2, -0.15) is 0 Å². The fraction of sp³-hybridized carbons (Fsp3) is 0. The number of aromatic nitrogens is 2. The summed E-state index contributed by atoms with van der Waals surface area (Å²) in [4.78, 5) is 14.7. The average molecular weight is 212 g/mol. The van der Waals surface area contributed by atoms with E-state index >= 15 is 0 Å². The second kappa shape index (κ2) is 3.34. The van der Waals surface area contributed by atoms with Gasteiger partial charge in [0.1, 0.15) is 5.65 Å². The zero-order valence-corrected chi connectivity index (χ0v) is 8.33. The predicted molar refractivity (Wildman–Crippen MR) is 58.3 cm³/mol. The summed E-state index contributed by atoms with van der Waals surface area (Å²) in [6.45, 7) is 0. The standard InChI is InChI=1S/C12H8N2O2/c15-8-9-4-5-11(16-9)10-2-1-3-12-13-6-7-14(10)12/h1-8H. The van der Waals surface area contributed by atoms with Crippen molar-refractivity contribution in [2.75, 3.05) is 0 Å². The van der Waals surface area contributed by atoms with Gasteiger partial charge in [0.25, 0.3) is 0 Å². The van der Waals surface area contributed by atoms with Crippen molar-refractivity contribution in [2.45, 2.75) is 0 Å². The van der Waals surface area contributed by atoms with Crippen molar-refractivity contribution in [3.05, 3.63) is 48.5 Å². The Balaban J connectivity index is 2.24. The third-order valence-electron chi connectivity index (χ3n) is 2.42. The highest BCUT2D eigenvalue weighted by Gasteiger charge is 2.07. The maximum absolute atomic E-state index is 10.6. The van der Waals surface area contributed by atoms with Crippen LogP contribution in [0.2, 0.25) is 0 Å². The van der Waals surface area contributed by atoms with Gasteiger partial charge in [-0.25, -0.2) is 4.98 Å². The number of aldehydes is 1. The van der Waals surface area contributed by atoms with E-state index in [0.717, 1.165) is 11.3 Å². The van der Waals surface area contributed by atoms with E-state index in [9.17, 15) is 4.79 Å². The fourth-order valence-electron chi connectivity index (χ4n) is 1.70. The third kappa shape index (κ3) is 1.24. The minimum atomic E-state index is 0.326. The molecule has 16 heavy (non-hydrogen) atoms. The van der Waals surface area contributed by atoms with Crippen LogP contribution in [0.3, 0.4) is 0 Å². The van der Waals surface area contributed by atoms with Crippen LogP contribution in [0.25, 0.3) is 17.1 Å². The van der Waals surface area contributed by atoms with Crippen LogP contribution in [0.1, 0.15) is 10.6 Å². The molecule has 0 bridgehead atoms. The van der Waals surface area contributed by atoms with E-state index in [1.54, 1.807) is 18.3 Å². The van der Waals surface area contributed by atoms with Crippen molar-refractivity contribution in [2.24, 2.45) is 0 Å². The highest BCUT2D eigenvalue weighted by molar-refractivity contribution is 5.72. The Kier molecular flexibility index (Phi) is 1.86. The van der Waals surface area contributed by atoms with Crippen molar-refractivity contribution >= 4 is 11.9 Å². The first-order valence-electron chi connectivity index (χ1n) is 4.86. The number of hydrogen-bond acceptors (Lipinski definition) is 3. The quantitative estimate of drug-likeness (QED) is 0.613. The highest BCUT2D eigenvalue weighted by atomic mass is 16.3. The van der Waals surface area contributed by atoms with E-state index in [2.05, 4.69) is 4.98 Å². The minimum absolute atomic E-state index is 0.326. The minimum Gasteiger partial charge on any atom is -0.452 e. The van der Waals surface area contributed by atoms with Gasteiger partial charge in [0, 0.05) is 12.4 Å². The Morgan fingerprint density at radius 2 is 2.19 bits per heavy atom. The van der Waals surface area contributed by atoms with Crippen LogP contribution < -0.4 is 0 Å². The van der Waals surface area contributed by atoms with Crippen molar-refractivity contribution in [3.63, 3.8) is 0 Å². The lowest BCUT2D eigenvalue weighted by molar-refractivity contribution is 0.110. The van der Waals surface area contributed by atoms with Crippen LogP contribution in [0.15, 0.2) is 47.1 Å². The number of carbonyl (C=O) groups is 1. The molecule has 0 aliphatic rings. The molecule has 0 fully saturated rings. The lowest BCUT2D eigenvalue weighted by atomic mass is 10.3. The van der Waals surface area contributed by atoms with Gasteiger partial charge in [-0.05, 0) is 24.3 Å². The SMILES string of the molecule is O=Cc1ccc(-c2cccc3nccn23)o1. The van der Waals surface area contributed by atoms with Gasteiger partial charge in [-0.1, -0.05) is 6.07 Å². The van der Waals surface area contributed by atoms with Crippen LogP contribution in [-0.4, -0.2) is 15.7 Å². The van der Waals surface area contributed by atoms with Crippen molar-refractivity contribution < 1.29 is 9.21 Å². The lowest BCUT2D eigenvalue weighted by Gasteiger charge is -2.01. The summed E-state index contributed by atoms with van der Waals surface area (Å²) in [6, 6.07) is 9.16. The highest BCUT2D eigenvalue weighted by Crippen LogP contribution is 2.22. The first-order chi connectivity index (χ1) is 7.88. The number of hydrogen-bond donors (Lipinski definition) is 0. The number of imidazole rings is 1. The molecule has 78 valence electrons. The summed E-state index contributed by atoms with van der Waals surface area (Å²) in [5.74, 6) is 0.984. The van der Waals surface area contributed by atoms with E-state index < -0.39 is 0 Å². The van der Waals surface area contributed by atoms with E-state index in [-0.39, 0.29) is 0 Å². The summed E-state index contributed by atoms with van der Waals surface area (Å²) in [5.41, 5.74) is 1.73. The molecule has 0 N–H and O–H groups in total. The van der Waals surface area contributed by atoms with E-state index in [0.29, 0.717) is 17.8 Å². The molecule has 0 atom stereocenters. The largest absolute Gasteiger partial charge is 0.452 e. The molecule has 4 heteroatoms.